The molecule has 0 saturated carbocycles. The topological polar surface area (TPSA) is 55.1 Å². The van der Waals surface area contributed by atoms with Crippen LogP contribution in [0.2, 0.25) is 0 Å². The molecule has 0 aliphatic carbocycles. The molecule has 1 aromatic heterocycles. The third-order valence-corrected chi connectivity index (χ3v) is 5.48. The summed E-state index contributed by atoms with van der Waals surface area (Å²) >= 11 is 4.43. The van der Waals surface area contributed by atoms with Crippen LogP contribution in [0.1, 0.15) is 15.9 Å². The number of halogens is 2. The Balaban J connectivity index is 1.69. The Labute approximate surface area is 183 Å². The molecule has 134 valence electrons. The van der Waals surface area contributed by atoms with Gasteiger partial charge in [0.15, 0.2) is 5.58 Å². The molecule has 4 aromatic rings. The van der Waals surface area contributed by atoms with Crippen LogP contribution in [0.4, 0.5) is 5.69 Å². The first-order chi connectivity index (χ1) is 13.0. The average molecular weight is 580 g/mol. The molecule has 0 radical (unpaired) electrons. The number of fused-ring (bicyclic) bond motifs is 1. The summed E-state index contributed by atoms with van der Waals surface area (Å²) in [6.07, 6.45) is 0. The molecule has 4 nitrogen and oxygen atoms in total. The first kappa shape index (κ1) is 18.4. The van der Waals surface area contributed by atoms with Crippen LogP contribution in [-0.2, 0) is 0 Å². The van der Waals surface area contributed by atoms with Crippen LogP contribution in [0.15, 0.2) is 65.2 Å². The summed E-state index contributed by atoms with van der Waals surface area (Å²) < 4.78 is 7.58. The van der Waals surface area contributed by atoms with Gasteiger partial charge < -0.3 is 9.84 Å². The summed E-state index contributed by atoms with van der Waals surface area (Å²) in [5.74, 6) is -0.142. The lowest BCUT2D eigenvalue weighted by Gasteiger charge is -2.09. The minimum Gasteiger partial charge on any atom is -0.356 e. The number of rotatable bonds is 3. The third-order valence-electron chi connectivity index (χ3n) is 4.24. The second kappa shape index (κ2) is 7.59. The minimum atomic E-state index is -0.142. The summed E-state index contributed by atoms with van der Waals surface area (Å²) in [4.78, 5) is 12.7. The van der Waals surface area contributed by atoms with Gasteiger partial charge in [-0.15, -0.1) is 0 Å². The van der Waals surface area contributed by atoms with Crippen LogP contribution in [0.25, 0.3) is 22.2 Å². The molecule has 3 aromatic carbocycles. The van der Waals surface area contributed by atoms with Crippen LogP contribution in [0.3, 0.4) is 0 Å². The maximum Gasteiger partial charge on any atom is 0.255 e. The highest BCUT2D eigenvalue weighted by Crippen LogP contribution is 2.32. The number of anilines is 1. The number of aromatic nitrogens is 1. The van der Waals surface area contributed by atoms with Gasteiger partial charge >= 0.3 is 0 Å². The molecule has 0 aliphatic heterocycles. The van der Waals surface area contributed by atoms with E-state index in [4.69, 9.17) is 4.52 Å². The van der Waals surface area contributed by atoms with Crippen molar-refractivity contribution in [3.05, 3.63) is 78.9 Å². The Morgan fingerprint density at radius 2 is 1.70 bits per heavy atom. The predicted molar refractivity (Wildman–Crippen MR) is 124 cm³/mol. The van der Waals surface area contributed by atoms with Gasteiger partial charge in [0.25, 0.3) is 5.91 Å². The Morgan fingerprint density at radius 3 is 2.41 bits per heavy atom. The summed E-state index contributed by atoms with van der Waals surface area (Å²) in [5.41, 5.74) is 4.76. The number of carbonyl (C=O) groups is 1. The average Bonchev–Trinajstić information content (AvgIpc) is 3.04. The van der Waals surface area contributed by atoms with Gasteiger partial charge in [0.2, 0.25) is 0 Å². The van der Waals surface area contributed by atoms with Crippen molar-refractivity contribution in [2.45, 2.75) is 6.92 Å². The molecule has 0 saturated heterocycles. The summed E-state index contributed by atoms with van der Waals surface area (Å²) in [5, 5.41) is 8.14. The number of nitrogens with zero attached hydrogens (tertiary/aromatic N) is 1. The molecule has 6 heteroatoms. The number of hydrogen-bond acceptors (Lipinski definition) is 3. The van der Waals surface area contributed by atoms with Gasteiger partial charge in [-0.3, -0.25) is 4.79 Å². The third kappa shape index (κ3) is 3.86. The molecular formula is C21H14I2N2O2. The van der Waals surface area contributed by atoms with Gasteiger partial charge in [0, 0.05) is 30.0 Å². The fourth-order valence-electron chi connectivity index (χ4n) is 2.91. The highest BCUT2D eigenvalue weighted by atomic mass is 127. The van der Waals surface area contributed by atoms with E-state index in [-0.39, 0.29) is 5.91 Å². The minimum absolute atomic E-state index is 0.142. The predicted octanol–water partition coefficient (Wildman–Crippen LogP) is 6.26. The standard InChI is InChI=1S/C21H14I2N2O2/c1-12-7-17-19(27-25-20(17)13-5-3-2-4-6-13)11-18(12)24-21(26)14-8-15(22)10-16(23)9-14/h2-11H,1H3,(H,24,26). The first-order valence-corrected chi connectivity index (χ1v) is 10.4. The van der Waals surface area contributed by atoms with E-state index in [0.29, 0.717) is 11.1 Å². The fourth-order valence-corrected chi connectivity index (χ4v) is 4.85. The van der Waals surface area contributed by atoms with Crippen molar-refractivity contribution in [1.82, 2.24) is 5.16 Å². The number of hydrogen-bond donors (Lipinski definition) is 1. The van der Waals surface area contributed by atoms with Crippen molar-refractivity contribution in [1.29, 1.82) is 0 Å². The zero-order valence-corrected chi connectivity index (χ0v) is 18.6. The Hall–Kier alpha value is -1.94. The lowest BCUT2D eigenvalue weighted by Crippen LogP contribution is -2.13. The van der Waals surface area contributed by atoms with E-state index in [1.54, 1.807) is 0 Å². The van der Waals surface area contributed by atoms with E-state index in [1.807, 2.05) is 67.6 Å². The van der Waals surface area contributed by atoms with Gasteiger partial charge in [-0.2, -0.15) is 0 Å². The van der Waals surface area contributed by atoms with Crippen molar-refractivity contribution < 1.29 is 9.32 Å². The summed E-state index contributed by atoms with van der Waals surface area (Å²) in [6, 6.07) is 19.5. The van der Waals surface area contributed by atoms with E-state index in [0.717, 1.165) is 35.0 Å². The van der Waals surface area contributed by atoms with Gasteiger partial charge in [-0.1, -0.05) is 35.5 Å². The van der Waals surface area contributed by atoms with Crippen LogP contribution in [0.5, 0.6) is 0 Å². The Bertz CT molecular complexity index is 1130. The fraction of sp³-hybridized carbons (Fsp3) is 0.0476. The number of amides is 1. The maximum atomic E-state index is 12.7. The summed E-state index contributed by atoms with van der Waals surface area (Å²) in [7, 11) is 0. The Morgan fingerprint density at radius 1 is 1.00 bits per heavy atom. The Kier molecular flexibility index (Phi) is 5.18. The molecule has 1 N–H and O–H groups in total. The molecule has 27 heavy (non-hydrogen) atoms. The maximum absolute atomic E-state index is 12.7. The van der Waals surface area contributed by atoms with Gasteiger partial charge in [-0.05, 0) is 81.9 Å². The molecule has 0 unspecified atom stereocenters. The molecule has 0 aliphatic rings. The molecule has 0 fully saturated rings. The lowest BCUT2D eigenvalue weighted by molar-refractivity contribution is 0.102. The second-order valence-electron chi connectivity index (χ2n) is 6.17. The van der Waals surface area contributed by atoms with Crippen molar-refractivity contribution in [2.24, 2.45) is 0 Å². The second-order valence-corrected chi connectivity index (χ2v) is 8.66. The number of nitrogens with one attached hydrogen (secondary N) is 1. The van der Waals surface area contributed by atoms with Crippen molar-refractivity contribution in [3.8, 4) is 11.3 Å². The molecule has 4 rings (SSSR count). The van der Waals surface area contributed by atoms with Crippen LogP contribution >= 0.6 is 45.2 Å². The number of benzene rings is 3. The largest absolute Gasteiger partial charge is 0.356 e. The van der Waals surface area contributed by atoms with Crippen molar-refractivity contribution in [3.63, 3.8) is 0 Å². The van der Waals surface area contributed by atoms with Crippen molar-refractivity contribution >= 4 is 67.7 Å². The van der Waals surface area contributed by atoms with Gasteiger partial charge in [0.05, 0.1) is 5.39 Å². The quantitative estimate of drug-likeness (QED) is 0.291. The lowest BCUT2D eigenvalue weighted by atomic mass is 10.0. The number of aryl methyl sites for hydroxylation is 1. The van der Waals surface area contributed by atoms with Gasteiger partial charge in [-0.25, -0.2) is 0 Å². The van der Waals surface area contributed by atoms with Crippen LogP contribution < -0.4 is 5.32 Å². The molecule has 1 amide bonds. The normalized spacial score (nSPS) is 10.9. The smallest absolute Gasteiger partial charge is 0.255 e. The first-order valence-electron chi connectivity index (χ1n) is 8.24. The van der Waals surface area contributed by atoms with E-state index in [2.05, 4.69) is 55.7 Å². The highest BCUT2D eigenvalue weighted by molar-refractivity contribution is 14.1. The zero-order chi connectivity index (χ0) is 19.0. The van der Waals surface area contributed by atoms with E-state index in [1.165, 1.54) is 0 Å². The van der Waals surface area contributed by atoms with E-state index in [9.17, 15) is 4.79 Å². The van der Waals surface area contributed by atoms with Crippen LogP contribution in [-0.4, -0.2) is 11.1 Å². The molecular weight excluding hydrogens is 566 g/mol. The zero-order valence-electron chi connectivity index (χ0n) is 14.3. The molecule has 0 atom stereocenters. The number of carbonyl (C=O) groups excluding carboxylic acids is 1. The van der Waals surface area contributed by atoms with Gasteiger partial charge in [0.1, 0.15) is 5.69 Å². The molecule has 0 spiro atoms. The van der Waals surface area contributed by atoms with E-state index >= 15 is 0 Å². The van der Waals surface area contributed by atoms with Crippen molar-refractivity contribution in [2.75, 3.05) is 5.32 Å². The SMILES string of the molecule is Cc1cc2c(-c3ccccc3)noc2cc1NC(=O)c1cc(I)cc(I)c1. The molecule has 0 bridgehead atoms. The summed E-state index contributed by atoms with van der Waals surface area (Å²) in [6.45, 7) is 1.97. The highest BCUT2D eigenvalue weighted by Gasteiger charge is 2.15. The van der Waals surface area contributed by atoms with E-state index < -0.39 is 0 Å². The molecule has 1 heterocycles. The monoisotopic (exact) mass is 580 g/mol. The van der Waals surface area contributed by atoms with Crippen LogP contribution in [0, 0.1) is 14.1 Å².